The summed E-state index contributed by atoms with van der Waals surface area (Å²) in [4.78, 5) is 51.5. The molecule has 1 aromatic heterocycles. The number of amides is 3. The summed E-state index contributed by atoms with van der Waals surface area (Å²) in [5.74, 6) is -2.00. The van der Waals surface area contributed by atoms with E-state index in [0.29, 0.717) is 0 Å². The number of para-hydroxylation sites is 1. The van der Waals surface area contributed by atoms with Crippen molar-refractivity contribution in [2.45, 2.75) is 19.4 Å². The van der Waals surface area contributed by atoms with E-state index in [0.717, 1.165) is 16.5 Å². The van der Waals surface area contributed by atoms with E-state index in [2.05, 4.69) is 15.6 Å². The average Bonchev–Trinajstić information content (AvgIpc) is 3.06. The lowest BCUT2D eigenvalue weighted by atomic mass is 10.0. The summed E-state index contributed by atoms with van der Waals surface area (Å²) in [7, 11) is 3.13. The fourth-order valence-corrected chi connectivity index (χ4v) is 2.58. The lowest BCUT2D eigenvalue weighted by Crippen LogP contribution is -2.44. The van der Waals surface area contributed by atoms with Crippen LogP contribution in [0.3, 0.4) is 0 Å². The van der Waals surface area contributed by atoms with Gasteiger partial charge in [-0.1, -0.05) is 18.2 Å². The van der Waals surface area contributed by atoms with Gasteiger partial charge in [0.1, 0.15) is 6.04 Å². The average molecular weight is 388 g/mol. The molecule has 3 N–H and O–H groups in total. The highest BCUT2D eigenvalue weighted by molar-refractivity contribution is 5.89. The Morgan fingerprint density at radius 2 is 1.89 bits per heavy atom. The van der Waals surface area contributed by atoms with Crippen molar-refractivity contribution in [2.75, 3.05) is 27.2 Å². The van der Waals surface area contributed by atoms with Crippen molar-refractivity contribution in [1.82, 2.24) is 20.5 Å². The molecule has 9 heteroatoms. The second-order valence-electron chi connectivity index (χ2n) is 6.49. The molecule has 1 atom stereocenters. The molecule has 0 fully saturated rings. The van der Waals surface area contributed by atoms with Gasteiger partial charge < -0.3 is 25.3 Å². The monoisotopic (exact) mass is 388 g/mol. The first-order valence-corrected chi connectivity index (χ1v) is 8.73. The fraction of sp³-hybridized carbons (Fsp3) is 0.368. The minimum Gasteiger partial charge on any atom is -0.454 e. The standard InChI is InChI=1S/C19H24N4O5/c1-12(24)22-16(8-13-9-20-15-7-5-4-6-14(13)15)19(27)28-11-17(25)21-10-18(26)23(2)3/h4-7,9,16,20H,8,10-11H2,1-3H3,(H,21,25)(H,22,24)/t16-/m0/s1. The fourth-order valence-electron chi connectivity index (χ4n) is 2.58. The van der Waals surface area contributed by atoms with Gasteiger partial charge >= 0.3 is 5.97 Å². The maximum atomic E-state index is 12.4. The van der Waals surface area contributed by atoms with Gasteiger partial charge in [0.25, 0.3) is 5.91 Å². The maximum absolute atomic E-state index is 12.4. The number of carbonyl (C=O) groups is 4. The van der Waals surface area contributed by atoms with Gasteiger partial charge in [-0.2, -0.15) is 0 Å². The summed E-state index contributed by atoms with van der Waals surface area (Å²) < 4.78 is 5.02. The molecule has 0 bridgehead atoms. The molecule has 2 aromatic rings. The molecule has 0 aliphatic rings. The summed E-state index contributed by atoms with van der Waals surface area (Å²) in [6, 6.07) is 6.65. The van der Waals surface area contributed by atoms with Crippen LogP contribution < -0.4 is 10.6 Å². The molecule has 0 aliphatic heterocycles. The van der Waals surface area contributed by atoms with Crippen molar-refractivity contribution in [3.05, 3.63) is 36.0 Å². The van der Waals surface area contributed by atoms with Gasteiger partial charge in [0.05, 0.1) is 6.54 Å². The third-order valence-corrected chi connectivity index (χ3v) is 4.04. The van der Waals surface area contributed by atoms with Gasteiger partial charge in [-0.3, -0.25) is 14.4 Å². The minimum atomic E-state index is -0.937. The number of rotatable bonds is 8. The van der Waals surface area contributed by atoms with Crippen LogP contribution in [0.1, 0.15) is 12.5 Å². The molecule has 2 rings (SSSR count). The number of esters is 1. The molecule has 1 aromatic carbocycles. The number of benzene rings is 1. The zero-order valence-corrected chi connectivity index (χ0v) is 16.1. The highest BCUT2D eigenvalue weighted by Crippen LogP contribution is 2.19. The number of hydrogen-bond acceptors (Lipinski definition) is 5. The second kappa shape index (κ2) is 9.54. The summed E-state index contributed by atoms with van der Waals surface area (Å²) in [5.41, 5.74) is 1.75. The van der Waals surface area contributed by atoms with E-state index in [4.69, 9.17) is 4.74 Å². The topological polar surface area (TPSA) is 121 Å². The number of carbonyl (C=O) groups excluding carboxylic acids is 4. The SMILES string of the molecule is CC(=O)N[C@@H](Cc1c[nH]c2ccccc12)C(=O)OCC(=O)NCC(=O)N(C)C. The lowest BCUT2D eigenvalue weighted by Gasteiger charge is -2.17. The first-order chi connectivity index (χ1) is 13.3. The first-order valence-electron chi connectivity index (χ1n) is 8.73. The molecule has 28 heavy (non-hydrogen) atoms. The number of hydrogen-bond donors (Lipinski definition) is 3. The number of aromatic amines is 1. The number of fused-ring (bicyclic) bond motifs is 1. The lowest BCUT2D eigenvalue weighted by molar-refractivity contribution is -0.151. The van der Waals surface area contributed by atoms with E-state index in [-0.39, 0.29) is 24.8 Å². The Bertz CT molecular complexity index is 874. The molecule has 9 nitrogen and oxygen atoms in total. The van der Waals surface area contributed by atoms with Crippen LogP contribution in [0.15, 0.2) is 30.5 Å². The Morgan fingerprint density at radius 1 is 1.18 bits per heavy atom. The zero-order valence-electron chi connectivity index (χ0n) is 16.1. The minimum absolute atomic E-state index is 0.187. The quantitative estimate of drug-likeness (QED) is 0.548. The van der Waals surface area contributed by atoms with E-state index < -0.39 is 24.5 Å². The van der Waals surface area contributed by atoms with Gasteiger partial charge in [0.15, 0.2) is 6.61 Å². The van der Waals surface area contributed by atoms with E-state index in [9.17, 15) is 19.2 Å². The van der Waals surface area contributed by atoms with Crippen molar-refractivity contribution in [1.29, 1.82) is 0 Å². The van der Waals surface area contributed by atoms with Gasteiger partial charge in [0.2, 0.25) is 11.8 Å². The van der Waals surface area contributed by atoms with Crippen molar-refractivity contribution in [3.63, 3.8) is 0 Å². The van der Waals surface area contributed by atoms with Gasteiger partial charge in [0, 0.05) is 44.5 Å². The van der Waals surface area contributed by atoms with E-state index in [1.54, 1.807) is 20.3 Å². The second-order valence-corrected chi connectivity index (χ2v) is 6.49. The van der Waals surface area contributed by atoms with Crippen LogP contribution in [0.2, 0.25) is 0 Å². The van der Waals surface area contributed by atoms with Gasteiger partial charge in [-0.05, 0) is 11.6 Å². The van der Waals surface area contributed by atoms with Crippen LogP contribution in [-0.4, -0.2) is 66.9 Å². The molecule has 0 spiro atoms. The molecule has 0 aliphatic carbocycles. The number of aromatic nitrogens is 1. The summed E-state index contributed by atoms with van der Waals surface area (Å²) in [6.45, 7) is 0.576. The van der Waals surface area contributed by atoms with Crippen molar-refractivity contribution < 1.29 is 23.9 Å². The van der Waals surface area contributed by atoms with Gasteiger partial charge in [-0.25, -0.2) is 4.79 Å². The Labute approximate surface area is 162 Å². The maximum Gasteiger partial charge on any atom is 0.329 e. The van der Waals surface area contributed by atoms with Crippen molar-refractivity contribution in [2.24, 2.45) is 0 Å². The van der Waals surface area contributed by atoms with E-state index in [1.807, 2.05) is 24.3 Å². The van der Waals surface area contributed by atoms with E-state index in [1.165, 1.54) is 11.8 Å². The van der Waals surface area contributed by atoms with Crippen LogP contribution in [0, 0.1) is 0 Å². The van der Waals surface area contributed by atoms with Crippen LogP contribution in [0.4, 0.5) is 0 Å². The Balaban J connectivity index is 1.96. The molecule has 1 heterocycles. The molecule has 0 radical (unpaired) electrons. The Hall–Kier alpha value is -3.36. The van der Waals surface area contributed by atoms with Crippen LogP contribution in [0.25, 0.3) is 10.9 Å². The molecule has 150 valence electrons. The number of nitrogens with one attached hydrogen (secondary N) is 3. The van der Waals surface area contributed by atoms with E-state index >= 15 is 0 Å². The molecular formula is C19H24N4O5. The normalized spacial score (nSPS) is 11.5. The summed E-state index contributed by atoms with van der Waals surface area (Å²) in [6.07, 6.45) is 1.98. The molecule has 0 saturated heterocycles. The highest BCUT2D eigenvalue weighted by Gasteiger charge is 2.23. The molecule has 0 saturated carbocycles. The highest BCUT2D eigenvalue weighted by atomic mass is 16.5. The Morgan fingerprint density at radius 3 is 2.57 bits per heavy atom. The Kier molecular flexibility index (Phi) is 7.14. The van der Waals surface area contributed by atoms with Crippen LogP contribution in [-0.2, 0) is 30.3 Å². The van der Waals surface area contributed by atoms with Gasteiger partial charge in [-0.15, -0.1) is 0 Å². The predicted molar refractivity (Wildman–Crippen MR) is 102 cm³/mol. The predicted octanol–water partition coefficient (Wildman–Crippen LogP) is -0.0373. The number of nitrogens with zero attached hydrogens (tertiary/aromatic N) is 1. The molecule has 0 unspecified atom stereocenters. The number of ether oxygens (including phenoxy) is 1. The third kappa shape index (κ3) is 5.83. The molecular weight excluding hydrogens is 364 g/mol. The van der Waals surface area contributed by atoms with Crippen LogP contribution >= 0.6 is 0 Å². The first kappa shape index (κ1) is 20.9. The van der Waals surface area contributed by atoms with Crippen LogP contribution in [0.5, 0.6) is 0 Å². The summed E-state index contributed by atoms with van der Waals surface area (Å²) >= 11 is 0. The van der Waals surface area contributed by atoms with Crippen molar-refractivity contribution >= 4 is 34.6 Å². The summed E-state index contributed by atoms with van der Waals surface area (Å²) in [5, 5.41) is 5.86. The number of H-pyrrole nitrogens is 1. The third-order valence-electron chi connectivity index (χ3n) is 4.04. The zero-order chi connectivity index (χ0) is 20.7. The van der Waals surface area contributed by atoms with Crippen molar-refractivity contribution in [3.8, 4) is 0 Å². The largest absolute Gasteiger partial charge is 0.454 e. The molecule has 3 amide bonds. The smallest absolute Gasteiger partial charge is 0.329 e. The number of likely N-dealkylation sites (N-methyl/N-ethyl adjacent to an activating group) is 1.